The van der Waals surface area contributed by atoms with Gasteiger partial charge in [-0.1, -0.05) is 72.8 Å². The molecule has 2 aromatic heterocycles. The fourth-order valence-electron chi connectivity index (χ4n) is 4.83. The van der Waals surface area contributed by atoms with Gasteiger partial charge in [-0.2, -0.15) is 0 Å². The van der Waals surface area contributed by atoms with Gasteiger partial charge in [-0.15, -0.1) is 0 Å². The summed E-state index contributed by atoms with van der Waals surface area (Å²) in [5.41, 5.74) is 6.53. The van der Waals surface area contributed by atoms with Crippen LogP contribution < -0.4 is 0 Å². The van der Waals surface area contributed by atoms with Crippen molar-refractivity contribution in [3.63, 3.8) is 0 Å². The third kappa shape index (κ3) is 2.08. The number of fused-ring (bicyclic) bond motifs is 8. The Balaban J connectivity index is 1.52. The van der Waals surface area contributed by atoms with E-state index in [-0.39, 0.29) is 0 Å². The van der Waals surface area contributed by atoms with E-state index >= 15 is 0 Å². The van der Waals surface area contributed by atoms with Crippen LogP contribution in [-0.2, 0) is 0 Å². The highest BCUT2D eigenvalue weighted by atomic mass is 16.3. The fraction of sp³-hybridized carbons (Fsp3) is 0. The number of hydrogen-bond donors (Lipinski definition) is 1. The topological polar surface area (TPSA) is 28.9 Å². The standard InChI is InChI=1S/C28H17NO/c1-2-7-19-17(6-1)13-15-25-27(19)23-14-12-18(16-26(23)30-25)20-9-5-10-22-21-8-3-4-11-24(21)29-28(20)22/h1-16,29H. The summed E-state index contributed by atoms with van der Waals surface area (Å²) in [4.78, 5) is 3.61. The number of nitrogens with one attached hydrogen (secondary N) is 1. The second-order valence-corrected chi connectivity index (χ2v) is 7.87. The van der Waals surface area contributed by atoms with Gasteiger partial charge in [0, 0.05) is 32.6 Å². The highest BCUT2D eigenvalue weighted by Crippen LogP contribution is 2.38. The predicted molar refractivity (Wildman–Crippen MR) is 126 cm³/mol. The van der Waals surface area contributed by atoms with E-state index in [2.05, 4.69) is 102 Å². The number of aromatic nitrogens is 1. The lowest BCUT2D eigenvalue weighted by Gasteiger charge is -2.04. The smallest absolute Gasteiger partial charge is 0.136 e. The molecule has 0 bridgehead atoms. The molecule has 0 fully saturated rings. The van der Waals surface area contributed by atoms with Gasteiger partial charge >= 0.3 is 0 Å². The molecule has 7 aromatic rings. The second-order valence-electron chi connectivity index (χ2n) is 7.87. The maximum atomic E-state index is 6.28. The predicted octanol–water partition coefficient (Wildman–Crippen LogP) is 8.04. The quantitative estimate of drug-likeness (QED) is 0.305. The van der Waals surface area contributed by atoms with Crippen molar-refractivity contribution in [3.05, 3.63) is 97.1 Å². The van der Waals surface area contributed by atoms with Crippen molar-refractivity contribution in [3.8, 4) is 11.1 Å². The molecule has 0 atom stereocenters. The summed E-state index contributed by atoms with van der Waals surface area (Å²) in [7, 11) is 0. The number of para-hydroxylation sites is 2. The Hall–Kier alpha value is -4.04. The molecule has 0 aliphatic carbocycles. The third-order valence-electron chi connectivity index (χ3n) is 6.21. The lowest BCUT2D eigenvalue weighted by atomic mass is 9.99. The Morgan fingerprint density at radius 1 is 0.567 bits per heavy atom. The average Bonchev–Trinajstić information content (AvgIpc) is 3.37. The Bertz CT molecular complexity index is 1750. The Morgan fingerprint density at radius 3 is 2.37 bits per heavy atom. The average molecular weight is 383 g/mol. The first-order valence-electron chi connectivity index (χ1n) is 10.2. The molecule has 140 valence electrons. The zero-order chi connectivity index (χ0) is 19.7. The van der Waals surface area contributed by atoms with Crippen molar-refractivity contribution in [1.29, 1.82) is 0 Å². The molecule has 0 saturated heterocycles. The molecule has 2 heteroatoms. The first-order chi connectivity index (χ1) is 14.9. The number of furan rings is 1. The van der Waals surface area contributed by atoms with Gasteiger partial charge < -0.3 is 9.40 Å². The SMILES string of the molecule is c1ccc2c(c1)ccc1oc3cc(-c4cccc5c4[nH]c4ccccc45)ccc3c12. The molecule has 0 radical (unpaired) electrons. The van der Waals surface area contributed by atoms with Gasteiger partial charge in [0.1, 0.15) is 11.2 Å². The monoisotopic (exact) mass is 383 g/mol. The van der Waals surface area contributed by atoms with Crippen LogP contribution in [0.25, 0.3) is 65.6 Å². The zero-order valence-electron chi connectivity index (χ0n) is 16.1. The Labute approximate surface area is 172 Å². The van der Waals surface area contributed by atoms with E-state index in [1.54, 1.807) is 0 Å². The van der Waals surface area contributed by atoms with E-state index in [1.165, 1.54) is 38.0 Å². The molecule has 0 amide bonds. The van der Waals surface area contributed by atoms with Crippen molar-refractivity contribution in [2.75, 3.05) is 0 Å². The van der Waals surface area contributed by atoms with Crippen LogP contribution in [0, 0.1) is 0 Å². The molecule has 0 unspecified atom stereocenters. The number of aromatic amines is 1. The van der Waals surface area contributed by atoms with Gasteiger partial charge in [-0.3, -0.25) is 0 Å². The van der Waals surface area contributed by atoms with E-state index in [0.717, 1.165) is 27.6 Å². The summed E-state index contributed by atoms with van der Waals surface area (Å²) in [5.74, 6) is 0. The van der Waals surface area contributed by atoms with Crippen molar-refractivity contribution in [2.45, 2.75) is 0 Å². The summed E-state index contributed by atoms with van der Waals surface area (Å²) >= 11 is 0. The molecule has 1 N–H and O–H groups in total. The minimum absolute atomic E-state index is 0.923. The zero-order valence-corrected chi connectivity index (χ0v) is 16.1. The maximum absolute atomic E-state index is 6.28. The van der Waals surface area contributed by atoms with Crippen LogP contribution in [0.2, 0.25) is 0 Å². The molecule has 30 heavy (non-hydrogen) atoms. The van der Waals surface area contributed by atoms with Gasteiger partial charge in [0.05, 0.1) is 5.52 Å². The van der Waals surface area contributed by atoms with Crippen LogP contribution in [0.4, 0.5) is 0 Å². The molecule has 0 saturated carbocycles. The summed E-state index contributed by atoms with van der Waals surface area (Å²) in [5, 5.41) is 7.33. The van der Waals surface area contributed by atoms with Crippen LogP contribution in [0.3, 0.4) is 0 Å². The van der Waals surface area contributed by atoms with Crippen LogP contribution in [0.5, 0.6) is 0 Å². The molecular formula is C28H17NO. The van der Waals surface area contributed by atoms with Gasteiger partial charge in [0.2, 0.25) is 0 Å². The highest BCUT2D eigenvalue weighted by molar-refractivity contribution is 6.19. The summed E-state index contributed by atoms with van der Waals surface area (Å²) in [6.45, 7) is 0. The molecule has 2 nitrogen and oxygen atoms in total. The molecule has 7 rings (SSSR count). The minimum Gasteiger partial charge on any atom is -0.456 e. The van der Waals surface area contributed by atoms with Crippen molar-refractivity contribution in [2.24, 2.45) is 0 Å². The highest BCUT2D eigenvalue weighted by Gasteiger charge is 2.13. The first kappa shape index (κ1) is 15.8. The van der Waals surface area contributed by atoms with E-state index < -0.39 is 0 Å². The lowest BCUT2D eigenvalue weighted by Crippen LogP contribution is -1.80. The van der Waals surface area contributed by atoms with Crippen molar-refractivity contribution in [1.82, 2.24) is 4.98 Å². The molecule has 2 heterocycles. The van der Waals surface area contributed by atoms with E-state index in [1.807, 2.05) is 0 Å². The molecular weight excluding hydrogens is 366 g/mol. The Morgan fingerprint density at radius 2 is 1.40 bits per heavy atom. The minimum atomic E-state index is 0.923. The number of H-pyrrole nitrogens is 1. The van der Waals surface area contributed by atoms with Crippen LogP contribution in [0.1, 0.15) is 0 Å². The largest absolute Gasteiger partial charge is 0.456 e. The maximum Gasteiger partial charge on any atom is 0.136 e. The summed E-state index contributed by atoms with van der Waals surface area (Å²) in [6.07, 6.45) is 0. The lowest BCUT2D eigenvalue weighted by molar-refractivity contribution is 0.669. The van der Waals surface area contributed by atoms with Gasteiger partial charge in [0.15, 0.2) is 0 Å². The first-order valence-corrected chi connectivity index (χ1v) is 10.2. The van der Waals surface area contributed by atoms with Gasteiger partial charge in [0.25, 0.3) is 0 Å². The summed E-state index contributed by atoms with van der Waals surface area (Å²) in [6, 6.07) is 34.2. The van der Waals surface area contributed by atoms with Gasteiger partial charge in [-0.05, 0) is 40.6 Å². The van der Waals surface area contributed by atoms with Gasteiger partial charge in [-0.25, -0.2) is 0 Å². The Kier molecular flexibility index (Phi) is 3.03. The molecule has 0 aliphatic rings. The normalized spacial score (nSPS) is 12.0. The fourth-order valence-corrected chi connectivity index (χ4v) is 4.83. The number of rotatable bonds is 1. The molecule has 0 spiro atoms. The molecule has 5 aromatic carbocycles. The van der Waals surface area contributed by atoms with Crippen LogP contribution in [-0.4, -0.2) is 4.98 Å². The van der Waals surface area contributed by atoms with Crippen LogP contribution in [0.15, 0.2) is 101 Å². The van der Waals surface area contributed by atoms with E-state index in [4.69, 9.17) is 4.42 Å². The van der Waals surface area contributed by atoms with Crippen LogP contribution >= 0.6 is 0 Å². The van der Waals surface area contributed by atoms with Crippen molar-refractivity contribution < 1.29 is 4.42 Å². The second kappa shape index (κ2) is 5.74. The third-order valence-corrected chi connectivity index (χ3v) is 6.21. The van der Waals surface area contributed by atoms with E-state index in [0.29, 0.717) is 0 Å². The van der Waals surface area contributed by atoms with E-state index in [9.17, 15) is 0 Å². The number of hydrogen-bond acceptors (Lipinski definition) is 1. The molecule has 0 aliphatic heterocycles. The summed E-state index contributed by atoms with van der Waals surface area (Å²) < 4.78 is 6.28. The van der Waals surface area contributed by atoms with Crippen molar-refractivity contribution >= 4 is 54.5 Å². The number of benzene rings is 5.